The van der Waals surface area contributed by atoms with Crippen LogP contribution in [0.5, 0.6) is 0 Å². The van der Waals surface area contributed by atoms with E-state index in [1.807, 2.05) is 18.5 Å². The van der Waals surface area contributed by atoms with Crippen molar-refractivity contribution in [1.29, 1.82) is 0 Å². The quantitative estimate of drug-likeness (QED) is 0.804. The normalized spacial score (nSPS) is 12.2. The number of halogens is 1. The molecule has 1 atom stereocenters. The van der Waals surface area contributed by atoms with Gasteiger partial charge in [-0.25, -0.2) is 0 Å². The Kier molecular flexibility index (Phi) is 5.05. The monoisotopic (exact) mass is 295 g/mol. The van der Waals surface area contributed by atoms with Crippen molar-refractivity contribution in [1.82, 2.24) is 4.98 Å². The number of rotatable bonds is 6. The van der Waals surface area contributed by atoms with Gasteiger partial charge in [0.15, 0.2) is 0 Å². The summed E-state index contributed by atoms with van der Waals surface area (Å²) >= 11 is 7.56. The highest BCUT2D eigenvalue weighted by Crippen LogP contribution is 2.29. The highest BCUT2D eigenvalue weighted by Gasteiger charge is 2.08. The zero-order valence-electron chi connectivity index (χ0n) is 11.1. The fourth-order valence-electron chi connectivity index (χ4n) is 1.77. The lowest BCUT2D eigenvalue weighted by atomic mass is 10.2. The molecule has 1 unspecified atom stereocenters. The molecule has 0 saturated carbocycles. The first-order valence-corrected chi connectivity index (χ1v) is 7.59. The van der Waals surface area contributed by atoms with Gasteiger partial charge in [0, 0.05) is 11.4 Å². The molecule has 2 N–H and O–H groups in total. The van der Waals surface area contributed by atoms with E-state index in [0.29, 0.717) is 0 Å². The lowest BCUT2D eigenvalue weighted by molar-refractivity contribution is 0.905. The number of thiophene rings is 1. The second-order valence-electron chi connectivity index (χ2n) is 4.40. The van der Waals surface area contributed by atoms with Crippen molar-refractivity contribution >= 4 is 34.3 Å². The van der Waals surface area contributed by atoms with E-state index in [9.17, 15) is 0 Å². The molecule has 0 aliphatic carbocycles. The van der Waals surface area contributed by atoms with Gasteiger partial charge in [-0.05, 0) is 31.5 Å². The number of hydrogen-bond donors (Lipinski definition) is 2. The van der Waals surface area contributed by atoms with Crippen LogP contribution in [0.25, 0.3) is 0 Å². The Labute approximate surface area is 123 Å². The van der Waals surface area contributed by atoms with Crippen LogP contribution in [0.3, 0.4) is 0 Å². The van der Waals surface area contributed by atoms with Gasteiger partial charge in [-0.3, -0.25) is 4.98 Å². The molecule has 2 aromatic heterocycles. The maximum absolute atomic E-state index is 5.96. The van der Waals surface area contributed by atoms with Crippen molar-refractivity contribution < 1.29 is 0 Å². The van der Waals surface area contributed by atoms with Gasteiger partial charge in [-0.15, -0.1) is 11.3 Å². The summed E-state index contributed by atoms with van der Waals surface area (Å²) in [5.74, 6) is 0. The SMILES string of the molecule is CCCNc1cncc(NC(C)c2ccc(Cl)s2)c1. The summed E-state index contributed by atoms with van der Waals surface area (Å²) in [6.07, 6.45) is 4.78. The first kappa shape index (κ1) is 14.2. The molecular formula is C14H18ClN3S. The summed E-state index contributed by atoms with van der Waals surface area (Å²) in [6, 6.07) is 6.28. The summed E-state index contributed by atoms with van der Waals surface area (Å²) in [6.45, 7) is 5.22. The zero-order valence-corrected chi connectivity index (χ0v) is 12.7. The minimum Gasteiger partial charge on any atom is -0.384 e. The largest absolute Gasteiger partial charge is 0.384 e. The van der Waals surface area contributed by atoms with E-state index < -0.39 is 0 Å². The average Bonchev–Trinajstić information content (AvgIpc) is 2.83. The molecule has 0 spiro atoms. The molecule has 0 saturated heterocycles. The van der Waals surface area contributed by atoms with E-state index in [1.165, 1.54) is 4.88 Å². The average molecular weight is 296 g/mol. The van der Waals surface area contributed by atoms with Gasteiger partial charge in [0.05, 0.1) is 34.1 Å². The van der Waals surface area contributed by atoms with Gasteiger partial charge in [0.25, 0.3) is 0 Å². The lowest BCUT2D eigenvalue weighted by Crippen LogP contribution is -2.06. The molecule has 0 aromatic carbocycles. The predicted molar refractivity (Wildman–Crippen MR) is 84.4 cm³/mol. The van der Waals surface area contributed by atoms with Crippen molar-refractivity contribution in [3.63, 3.8) is 0 Å². The van der Waals surface area contributed by atoms with E-state index >= 15 is 0 Å². The van der Waals surface area contributed by atoms with Gasteiger partial charge >= 0.3 is 0 Å². The predicted octanol–water partition coefficient (Wildman–Crippen LogP) is 4.79. The van der Waals surface area contributed by atoms with E-state index in [-0.39, 0.29) is 6.04 Å². The summed E-state index contributed by atoms with van der Waals surface area (Å²) in [4.78, 5) is 5.46. The molecular weight excluding hydrogens is 278 g/mol. The number of hydrogen-bond acceptors (Lipinski definition) is 4. The molecule has 0 radical (unpaired) electrons. The van der Waals surface area contributed by atoms with Crippen LogP contribution in [0.15, 0.2) is 30.6 Å². The summed E-state index contributed by atoms with van der Waals surface area (Å²) in [5.41, 5.74) is 2.06. The lowest BCUT2D eigenvalue weighted by Gasteiger charge is -2.14. The topological polar surface area (TPSA) is 37.0 Å². The van der Waals surface area contributed by atoms with Crippen LogP contribution in [0.1, 0.15) is 31.2 Å². The summed E-state index contributed by atoms with van der Waals surface area (Å²) < 4.78 is 0.820. The van der Waals surface area contributed by atoms with Gasteiger partial charge in [-0.1, -0.05) is 18.5 Å². The molecule has 0 bridgehead atoms. The minimum absolute atomic E-state index is 0.223. The van der Waals surface area contributed by atoms with Crippen LogP contribution in [-0.2, 0) is 0 Å². The number of nitrogens with one attached hydrogen (secondary N) is 2. The van der Waals surface area contributed by atoms with Gasteiger partial charge in [-0.2, -0.15) is 0 Å². The molecule has 102 valence electrons. The second-order valence-corrected chi connectivity index (χ2v) is 6.14. The summed E-state index contributed by atoms with van der Waals surface area (Å²) in [5, 5.41) is 6.77. The molecule has 2 rings (SSSR count). The van der Waals surface area contributed by atoms with E-state index in [1.54, 1.807) is 11.3 Å². The third-order valence-electron chi connectivity index (χ3n) is 2.72. The fourth-order valence-corrected chi connectivity index (χ4v) is 2.83. The number of pyridine rings is 1. The smallest absolute Gasteiger partial charge is 0.0932 e. The molecule has 2 aromatic rings. The maximum Gasteiger partial charge on any atom is 0.0932 e. The van der Waals surface area contributed by atoms with Crippen molar-refractivity contribution in [3.05, 3.63) is 39.8 Å². The zero-order chi connectivity index (χ0) is 13.7. The Balaban J connectivity index is 2.02. The van der Waals surface area contributed by atoms with Crippen molar-refractivity contribution in [2.24, 2.45) is 0 Å². The van der Waals surface area contributed by atoms with E-state index in [0.717, 1.165) is 28.7 Å². The molecule has 2 heterocycles. The van der Waals surface area contributed by atoms with Crippen molar-refractivity contribution in [3.8, 4) is 0 Å². The Bertz CT molecular complexity index is 527. The highest BCUT2D eigenvalue weighted by atomic mass is 35.5. The molecule has 0 amide bonds. The standard InChI is InChI=1S/C14H18ClN3S/c1-3-6-17-11-7-12(9-16-8-11)18-10(2)13-4-5-14(15)19-13/h4-5,7-10,17-18H,3,6H2,1-2H3. The summed E-state index contributed by atoms with van der Waals surface area (Å²) in [7, 11) is 0. The molecule has 3 nitrogen and oxygen atoms in total. The third-order valence-corrected chi connectivity index (χ3v) is 4.14. The number of anilines is 2. The molecule has 5 heteroatoms. The van der Waals surface area contributed by atoms with E-state index in [2.05, 4.69) is 41.6 Å². The Hall–Kier alpha value is -1.26. The number of nitrogens with zero attached hydrogens (tertiary/aromatic N) is 1. The highest BCUT2D eigenvalue weighted by molar-refractivity contribution is 7.16. The van der Waals surface area contributed by atoms with Crippen LogP contribution >= 0.6 is 22.9 Å². The van der Waals surface area contributed by atoms with Crippen LogP contribution in [0.4, 0.5) is 11.4 Å². The van der Waals surface area contributed by atoms with Crippen LogP contribution < -0.4 is 10.6 Å². The fraction of sp³-hybridized carbons (Fsp3) is 0.357. The third kappa shape index (κ3) is 4.11. The Morgan fingerprint density at radius 2 is 2.11 bits per heavy atom. The minimum atomic E-state index is 0.223. The Morgan fingerprint density at radius 1 is 1.32 bits per heavy atom. The first-order chi connectivity index (χ1) is 9.19. The Morgan fingerprint density at radius 3 is 2.79 bits per heavy atom. The second kappa shape index (κ2) is 6.78. The van der Waals surface area contributed by atoms with Gasteiger partial charge in [0.2, 0.25) is 0 Å². The molecule has 0 aliphatic heterocycles. The maximum atomic E-state index is 5.96. The first-order valence-electron chi connectivity index (χ1n) is 6.39. The van der Waals surface area contributed by atoms with E-state index in [4.69, 9.17) is 11.6 Å². The van der Waals surface area contributed by atoms with Crippen molar-refractivity contribution in [2.45, 2.75) is 26.3 Å². The molecule has 0 aliphatic rings. The number of aromatic nitrogens is 1. The van der Waals surface area contributed by atoms with Gasteiger partial charge < -0.3 is 10.6 Å². The molecule has 0 fully saturated rings. The van der Waals surface area contributed by atoms with Crippen LogP contribution in [0.2, 0.25) is 4.34 Å². The molecule has 19 heavy (non-hydrogen) atoms. The van der Waals surface area contributed by atoms with Crippen molar-refractivity contribution in [2.75, 3.05) is 17.2 Å². The van der Waals surface area contributed by atoms with Crippen LogP contribution in [0, 0.1) is 0 Å². The van der Waals surface area contributed by atoms with Gasteiger partial charge in [0.1, 0.15) is 0 Å². The van der Waals surface area contributed by atoms with Crippen LogP contribution in [-0.4, -0.2) is 11.5 Å².